The zero-order valence-electron chi connectivity index (χ0n) is 6.96. The van der Waals surface area contributed by atoms with Crippen LogP contribution in [0.3, 0.4) is 0 Å². The predicted octanol–water partition coefficient (Wildman–Crippen LogP) is 2.61. The fourth-order valence-corrected chi connectivity index (χ4v) is 1.26. The second-order valence-electron chi connectivity index (χ2n) is 2.44. The molecule has 68 valence electrons. The number of rotatable bonds is 3. The summed E-state index contributed by atoms with van der Waals surface area (Å²) in [5.74, 6) is 0. The zero-order chi connectivity index (χ0) is 8.10. The van der Waals surface area contributed by atoms with E-state index in [4.69, 9.17) is 11.6 Å². The van der Waals surface area contributed by atoms with Gasteiger partial charge in [0, 0.05) is 6.54 Å². The van der Waals surface area contributed by atoms with Crippen LogP contribution in [0.15, 0.2) is 30.3 Å². The molecule has 0 saturated heterocycles. The number of alkyl halides is 1. The van der Waals surface area contributed by atoms with Gasteiger partial charge >= 0.3 is 0 Å². The van der Waals surface area contributed by atoms with E-state index in [9.17, 15) is 0 Å². The Bertz CT molecular complexity index is 201. The minimum Gasteiger partial charge on any atom is -0.318 e. The van der Waals surface area contributed by atoms with E-state index in [2.05, 4.69) is 5.32 Å². The first-order chi connectivity index (χ1) is 5.34. The Balaban J connectivity index is 0.00000121. The Morgan fingerprint density at radius 2 is 1.92 bits per heavy atom. The predicted molar refractivity (Wildman–Crippen MR) is 56.2 cm³/mol. The van der Waals surface area contributed by atoms with Crippen LogP contribution in [-0.4, -0.2) is 13.6 Å². The first-order valence-electron chi connectivity index (χ1n) is 3.68. The third-order valence-corrected chi connectivity index (χ3v) is 1.95. The van der Waals surface area contributed by atoms with Crippen LogP contribution in [0.5, 0.6) is 0 Å². The van der Waals surface area contributed by atoms with E-state index in [1.54, 1.807) is 0 Å². The molecule has 0 radical (unpaired) electrons. The summed E-state index contributed by atoms with van der Waals surface area (Å²) >= 11 is 6.04. The Labute approximate surface area is 84.5 Å². The molecular weight excluding hydrogens is 193 g/mol. The number of halogens is 2. The highest BCUT2D eigenvalue weighted by Crippen LogP contribution is 2.17. The molecular formula is C9H13Cl2N. The third-order valence-electron chi connectivity index (χ3n) is 1.54. The molecule has 0 spiro atoms. The lowest BCUT2D eigenvalue weighted by Gasteiger charge is -2.07. The smallest absolute Gasteiger partial charge is 0.0709 e. The van der Waals surface area contributed by atoms with E-state index in [0.717, 1.165) is 6.54 Å². The average molecular weight is 206 g/mol. The van der Waals surface area contributed by atoms with E-state index in [1.807, 2.05) is 37.4 Å². The largest absolute Gasteiger partial charge is 0.318 e. The standard InChI is InChI=1S/C9H12ClN.ClH/c1-11-7-9(10)8-5-3-2-4-6-8;/h2-6,9,11H,7H2,1H3;1H. The van der Waals surface area contributed by atoms with Gasteiger partial charge in [0.25, 0.3) is 0 Å². The van der Waals surface area contributed by atoms with Crippen LogP contribution < -0.4 is 5.32 Å². The van der Waals surface area contributed by atoms with Crippen molar-refractivity contribution in [2.45, 2.75) is 5.38 Å². The summed E-state index contributed by atoms with van der Waals surface area (Å²) in [7, 11) is 1.90. The fraction of sp³-hybridized carbons (Fsp3) is 0.333. The summed E-state index contributed by atoms with van der Waals surface area (Å²) in [6, 6.07) is 10.1. The Kier molecular flexibility index (Phi) is 6.17. The van der Waals surface area contributed by atoms with Gasteiger partial charge in [-0.05, 0) is 12.6 Å². The molecule has 1 aromatic carbocycles. The highest BCUT2D eigenvalue weighted by atomic mass is 35.5. The van der Waals surface area contributed by atoms with Crippen molar-refractivity contribution in [2.24, 2.45) is 0 Å². The highest BCUT2D eigenvalue weighted by molar-refractivity contribution is 6.21. The van der Waals surface area contributed by atoms with Crippen LogP contribution >= 0.6 is 24.0 Å². The Morgan fingerprint density at radius 3 is 2.42 bits per heavy atom. The lowest BCUT2D eigenvalue weighted by Crippen LogP contribution is -2.12. The van der Waals surface area contributed by atoms with Crippen molar-refractivity contribution in [2.75, 3.05) is 13.6 Å². The summed E-state index contributed by atoms with van der Waals surface area (Å²) in [6.45, 7) is 0.811. The monoisotopic (exact) mass is 205 g/mol. The maximum atomic E-state index is 6.04. The topological polar surface area (TPSA) is 12.0 Å². The molecule has 12 heavy (non-hydrogen) atoms. The molecule has 0 aromatic heterocycles. The van der Waals surface area contributed by atoms with Crippen molar-refractivity contribution >= 4 is 24.0 Å². The molecule has 0 amide bonds. The summed E-state index contributed by atoms with van der Waals surface area (Å²) in [5, 5.41) is 3.12. The van der Waals surface area contributed by atoms with E-state index in [0.29, 0.717) is 0 Å². The summed E-state index contributed by atoms with van der Waals surface area (Å²) < 4.78 is 0. The van der Waals surface area contributed by atoms with Gasteiger partial charge in [-0.1, -0.05) is 30.3 Å². The van der Waals surface area contributed by atoms with E-state index >= 15 is 0 Å². The Hall–Kier alpha value is -0.240. The van der Waals surface area contributed by atoms with Gasteiger partial charge in [-0.2, -0.15) is 0 Å². The van der Waals surface area contributed by atoms with Gasteiger partial charge in [-0.25, -0.2) is 0 Å². The molecule has 0 aliphatic heterocycles. The number of benzene rings is 1. The minimum absolute atomic E-state index is 0. The van der Waals surface area contributed by atoms with Crippen LogP contribution in [0.1, 0.15) is 10.9 Å². The molecule has 0 aliphatic rings. The average Bonchev–Trinajstić information content (AvgIpc) is 2.07. The van der Waals surface area contributed by atoms with Crippen molar-refractivity contribution in [1.29, 1.82) is 0 Å². The van der Waals surface area contributed by atoms with Crippen LogP contribution in [0, 0.1) is 0 Å². The Morgan fingerprint density at radius 1 is 1.33 bits per heavy atom. The fourth-order valence-electron chi connectivity index (χ4n) is 0.959. The maximum absolute atomic E-state index is 6.04. The normalized spacial score (nSPS) is 11.8. The second-order valence-corrected chi connectivity index (χ2v) is 2.96. The molecule has 0 aliphatic carbocycles. The van der Waals surface area contributed by atoms with E-state index < -0.39 is 0 Å². The van der Waals surface area contributed by atoms with Gasteiger partial charge in [-0.15, -0.1) is 24.0 Å². The van der Waals surface area contributed by atoms with Crippen LogP contribution in [0.25, 0.3) is 0 Å². The van der Waals surface area contributed by atoms with Gasteiger partial charge in [-0.3, -0.25) is 0 Å². The van der Waals surface area contributed by atoms with Crippen LogP contribution in [0.2, 0.25) is 0 Å². The van der Waals surface area contributed by atoms with E-state index in [1.165, 1.54) is 5.56 Å². The summed E-state index contributed by atoms with van der Waals surface area (Å²) in [5.41, 5.74) is 1.17. The molecule has 1 aromatic rings. The SMILES string of the molecule is CNCC(Cl)c1ccccc1.Cl. The van der Waals surface area contributed by atoms with Gasteiger partial charge in [0.1, 0.15) is 0 Å². The second kappa shape index (κ2) is 6.30. The number of hydrogen-bond acceptors (Lipinski definition) is 1. The molecule has 0 bridgehead atoms. The minimum atomic E-state index is 0. The summed E-state index contributed by atoms with van der Waals surface area (Å²) in [4.78, 5) is 0. The lowest BCUT2D eigenvalue weighted by molar-refractivity contribution is 0.771. The molecule has 1 unspecified atom stereocenters. The molecule has 1 atom stereocenters. The zero-order valence-corrected chi connectivity index (χ0v) is 8.53. The van der Waals surface area contributed by atoms with Crippen molar-refractivity contribution in [3.05, 3.63) is 35.9 Å². The highest BCUT2D eigenvalue weighted by Gasteiger charge is 2.03. The first kappa shape index (κ1) is 11.8. The van der Waals surface area contributed by atoms with Crippen LogP contribution in [0.4, 0.5) is 0 Å². The van der Waals surface area contributed by atoms with Gasteiger partial charge in [0.15, 0.2) is 0 Å². The van der Waals surface area contributed by atoms with Gasteiger partial charge < -0.3 is 5.32 Å². The lowest BCUT2D eigenvalue weighted by atomic mass is 10.1. The van der Waals surface area contributed by atoms with Crippen molar-refractivity contribution in [3.8, 4) is 0 Å². The maximum Gasteiger partial charge on any atom is 0.0709 e. The van der Waals surface area contributed by atoms with Crippen molar-refractivity contribution in [3.63, 3.8) is 0 Å². The van der Waals surface area contributed by atoms with Crippen molar-refractivity contribution in [1.82, 2.24) is 5.32 Å². The number of likely N-dealkylation sites (N-methyl/N-ethyl adjacent to an activating group) is 1. The van der Waals surface area contributed by atoms with Gasteiger partial charge in [0.2, 0.25) is 0 Å². The molecule has 0 fully saturated rings. The summed E-state index contributed by atoms with van der Waals surface area (Å²) in [6.07, 6.45) is 0. The third kappa shape index (κ3) is 3.44. The first-order valence-corrected chi connectivity index (χ1v) is 4.12. The van der Waals surface area contributed by atoms with E-state index in [-0.39, 0.29) is 17.8 Å². The van der Waals surface area contributed by atoms with Crippen LogP contribution in [-0.2, 0) is 0 Å². The van der Waals surface area contributed by atoms with Crippen molar-refractivity contribution < 1.29 is 0 Å². The molecule has 0 heterocycles. The number of nitrogens with one attached hydrogen (secondary N) is 1. The number of hydrogen-bond donors (Lipinski definition) is 1. The molecule has 1 rings (SSSR count). The quantitative estimate of drug-likeness (QED) is 0.749. The molecule has 3 heteroatoms. The molecule has 1 N–H and O–H groups in total. The molecule has 1 nitrogen and oxygen atoms in total. The van der Waals surface area contributed by atoms with Gasteiger partial charge in [0.05, 0.1) is 5.38 Å². The molecule has 0 saturated carbocycles.